The zero-order valence-electron chi connectivity index (χ0n) is 8.36. The van der Waals surface area contributed by atoms with E-state index in [9.17, 15) is 9.36 Å². The number of rotatable bonds is 2. The Kier molecular flexibility index (Phi) is 3.58. The molecule has 0 fully saturated rings. The van der Waals surface area contributed by atoms with Crippen LogP contribution >= 0.6 is 23.1 Å². The third-order valence-corrected chi connectivity index (χ3v) is 4.24. The van der Waals surface area contributed by atoms with E-state index in [1.165, 1.54) is 0 Å². The van der Waals surface area contributed by atoms with Crippen LogP contribution in [0.15, 0.2) is 22.7 Å². The zero-order valence-corrected chi connectivity index (χ0v) is 10.8. The molecule has 0 saturated heterocycles. The molecule has 1 rings (SSSR count). The molecule has 1 amide bonds. The Hall–Kier alpha value is -0.800. The first-order chi connectivity index (χ1) is 6.80. The number of carbonyl (C=O) groups is 1. The minimum atomic E-state index is -2.41. The van der Waals surface area contributed by atoms with E-state index >= 15 is 0 Å². The fourth-order valence-electron chi connectivity index (χ4n) is 1.08. The van der Waals surface area contributed by atoms with Gasteiger partial charge < -0.3 is 15.0 Å². The van der Waals surface area contributed by atoms with Gasteiger partial charge >= 0.3 is 6.09 Å². The number of primary amides is 1. The maximum atomic E-state index is 11.9. The van der Waals surface area contributed by atoms with Crippen molar-refractivity contribution in [1.82, 2.24) is 0 Å². The van der Waals surface area contributed by atoms with Crippen LogP contribution < -0.4 is 15.8 Å². The third kappa shape index (κ3) is 3.36. The van der Waals surface area contributed by atoms with Crippen molar-refractivity contribution < 1.29 is 14.1 Å². The summed E-state index contributed by atoms with van der Waals surface area (Å²) in [6.07, 6.45) is -0.884. The summed E-state index contributed by atoms with van der Waals surface area (Å²) < 4.78 is 17.3. The molecule has 2 N–H and O–H groups in total. The Morgan fingerprint density at radius 2 is 2.07 bits per heavy atom. The number of hydrogen-bond donors (Lipinski definition) is 1. The number of ether oxygens (including phenoxy) is 1. The Morgan fingerprint density at radius 3 is 2.53 bits per heavy atom. The molecular formula is C9H11BrNO3P. The van der Waals surface area contributed by atoms with Crippen molar-refractivity contribution in [2.24, 2.45) is 5.73 Å². The number of halogens is 1. The molecule has 6 heteroatoms. The molecule has 0 aliphatic carbocycles. The molecule has 0 heterocycles. The van der Waals surface area contributed by atoms with Crippen molar-refractivity contribution in [2.45, 2.75) is 0 Å². The van der Waals surface area contributed by atoms with Gasteiger partial charge in [-0.3, -0.25) is 0 Å². The van der Waals surface area contributed by atoms with Gasteiger partial charge in [0.05, 0.1) is 0 Å². The summed E-state index contributed by atoms with van der Waals surface area (Å²) in [6, 6.07) is 4.80. The van der Waals surface area contributed by atoms with Gasteiger partial charge in [0.15, 0.2) is 0 Å². The molecule has 4 nitrogen and oxygen atoms in total. The quantitative estimate of drug-likeness (QED) is 0.849. The summed E-state index contributed by atoms with van der Waals surface area (Å²) in [7, 11) is -2.41. The van der Waals surface area contributed by atoms with Crippen molar-refractivity contribution in [3.63, 3.8) is 0 Å². The maximum Gasteiger partial charge on any atom is 0.409 e. The SMILES string of the molecule is CP(C)(=O)c1cc(OC(N)=O)ccc1Br. The molecule has 15 heavy (non-hydrogen) atoms. The smallest absolute Gasteiger partial charge is 0.409 e. The van der Waals surface area contributed by atoms with E-state index in [-0.39, 0.29) is 0 Å². The van der Waals surface area contributed by atoms with Gasteiger partial charge in [0.25, 0.3) is 0 Å². The highest BCUT2D eigenvalue weighted by Gasteiger charge is 2.16. The summed E-state index contributed by atoms with van der Waals surface area (Å²) in [5.74, 6) is 0.296. The average Bonchev–Trinajstić information content (AvgIpc) is 2.05. The van der Waals surface area contributed by atoms with Crippen molar-refractivity contribution in [3.05, 3.63) is 22.7 Å². The van der Waals surface area contributed by atoms with Crippen molar-refractivity contribution in [3.8, 4) is 5.75 Å². The molecule has 0 atom stereocenters. The van der Waals surface area contributed by atoms with Crippen molar-refractivity contribution >= 4 is 34.5 Å². The monoisotopic (exact) mass is 291 g/mol. The average molecular weight is 292 g/mol. The lowest BCUT2D eigenvalue weighted by Gasteiger charge is -2.11. The predicted molar refractivity (Wildman–Crippen MR) is 63.4 cm³/mol. The Morgan fingerprint density at radius 1 is 1.47 bits per heavy atom. The van der Waals surface area contributed by atoms with Gasteiger partial charge in [-0.1, -0.05) is 15.9 Å². The molecule has 0 aliphatic heterocycles. The third-order valence-electron chi connectivity index (χ3n) is 1.72. The highest BCUT2D eigenvalue weighted by atomic mass is 79.9. The highest BCUT2D eigenvalue weighted by molar-refractivity contribution is 9.10. The molecule has 0 aromatic heterocycles. The summed E-state index contributed by atoms with van der Waals surface area (Å²) in [6.45, 7) is 3.28. The van der Waals surface area contributed by atoms with Crippen LogP contribution in [0.25, 0.3) is 0 Å². The van der Waals surface area contributed by atoms with Gasteiger partial charge in [0.1, 0.15) is 12.9 Å². The van der Waals surface area contributed by atoms with E-state index in [0.717, 1.165) is 4.47 Å². The van der Waals surface area contributed by atoms with E-state index in [1.807, 2.05) is 0 Å². The second-order valence-corrected chi connectivity index (χ2v) is 7.42. The van der Waals surface area contributed by atoms with Crippen LogP contribution in [-0.2, 0) is 4.57 Å². The fourth-order valence-corrected chi connectivity index (χ4v) is 3.64. The maximum absolute atomic E-state index is 11.9. The number of nitrogens with two attached hydrogens (primary N) is 1. The zero-order chi connectivity index (χ0) is 11.6. The van der Waals surface area contributed by atoms with Crippen LogP contribution in [0, 0.1) is 0 Å². The topological polar surface area (TPSA) is 69.4 Å². The van der Waals surface area contributed by atoms with Gasteiger partial charge in [0, 0.05) is 9.78 Å². The van der Waals surface area contributed by atoms with E-state index in [1.54, 1.807) is 31.5 Å². The standard InChI is InChI=1S/C9H11BrNO3P/c1-15(2,13)8-5-6(14-9(11)12)3-4-7(8)10/h3-5H,1-2H3,(H2,11,12). The predicted octanol–water partition coefficient (Wildman–Crippen LogP) is 2.15. The molecule has 0 spiro atoms. The van der Waals surface area contributed by atoms with Crippen molar-refractivity contribution in [2.75, 3.05) is 13.3 Å². The Bertz CT molecular complexity index is 441. The lowest BCUT2D eigenvalue weighted by Crippen LogP contribution is -2.17. The lowest BCUT2D eigenvalue weighted by atomic mass is 10.3. The Balaban J connectivity index is 3.17. The molecule has 0 saturated carbocycles. The minimum absolute atomic E-state index is 0.296. The minimum Gasteiger partial charge on any atom is -0.410 e. The summed E-state index contributed by atoms with van der Waals surface area (Å²) in [5.41, 5.74) is 4.88. The first-order valence-corrected chi connectivity index (χ1v) is 7.52. The van der Waals surface area contributed by atoms with Crippen LogP contribution in [-0.4, -0.2) is 19.4 Å². The van der Waals surface area contributed by atoms with Crippen LogP contribution in [0.2, 0.25) is 0 Å². The molecule has 0 unspecified atom stereocenters. The molecule has 1 aromatic rings. The van der Waals surface area contributed by atoms with Gasteiger partial charge in [-0.25, -0.2) is 4.79 Å². The second-order valence-electron chi connectivity index (χ2n) is 3.39. The van der Waals surface area contributed by atoms with Gasteiger partial charge in [-0.05, 0) is 31.5 Å². The van der Waals surface area contributed by atoms with Gasteiger partial charge in [0.2, 0.25) is 0 Å². The van der Waals surface area contributed by atoms with Crippen LogP contribution in [0.4, 0.5) is 4.79 Å². The summed E-state index contributed by atoms with van der Waals surface area (Å²) >= 11 is 3.29. The molecule has 82 valence electrons. The number of carbonyl (C=O) groups excluding carboxylic acids is 1. The number of benzene rings is 1. The summed E-state index contributed by atoms with van der Waals surface area (Å²) in [5, 5.41) is 0.626. The van der Waals surface area contributed by atoms with Crippen LogP contribution in [0.3, 0.4) is 0 Å². The van der Waals surface area contributed by atoms with Crippen LogP contribution in [0.5, 0.6) is 5.75 Å². The normalized spacial score (nSPS) is 11.1. The largest absolute Gasteiger partial charge is 0.410 e. The van der Waals surface area contributed by atoms with Crippen molar-refractivity contribution in [1.29, 1.82) is 0 Å². The Labute approximate surface area is 96.3 Å². The first kappa shape index (κ1) is 12.3. The second kappa shape index (κ2) is 4.37. The van der Waals surface area contributed by atoms with E-state index in [4.69, 9.17) is 10.5 Å². The van der Waals surface area contributed by atoms with E-state index in [0.29, 0.717) is 11.1 Å². The molecular weight excluding hydrogens is 281 g/mol. The molecule has 1 aromatic carbocycles. The molecule has 0 aliphatic rings. The molecule has 0 bridgehead atoms. The van der Waals surface area contributed by atoms with E-state index in [2.05, 4.69) is 15.9 Å². The molecule has 0 radical (unpaired) electrons. The lowest BCUT2D eigenvalue weighted by molar-refractivity contribution is 0.211. The van der Waals surface area contributed by atoms with Gasteiger partial charge in [-0.2, -0.15) is 0 Å². The number of hydrogen-bond acceptors (Lipinski definition) is 3. The van der Waals surface area contributed by atoms with Crippen LogP contribution in [0.1, 0.15) is 0 Å². The summed E-state index contributed by atoms with van der Waals surface area (Å²) in [4.78, 5) is 10.5. The van der Waals surface area contributed by atoms with Gasteiger partial charge in [-0.15, -0.1) is 0 Å². The number of amides is 1. The fraction of sp³-hybridized carbons (Fsp3) is 0.222. The van der Waals surface area contributed by atoms with E-state index < -0.39 is 13.2 Å². The highest BCUT2D eigenvalue weighted by Crippen LogP contribution is 2.38. The first-order valence-electron chi connectivity index (χ1n) is 4.13.